The van der Waals surface area contributed by atoms with Crippen molar-refractivity contribution in [3.05, 3.63) is 48.4 Å². The lowest BCUT2D eigenvalue weighted by Crippen LogP contribution is -2.26. The standard InChI is InChI=1S/C18H18N4O2/c1-12-8-9-22-11-15(21-18(22)19-12)13-4-6-14(7-5-13)20-17(23)16-3-2-10-24-16/h4-9,11,16H,2-3,10H2,1H3,(H,20,23)/t16-/m1/s1. The molecular weight excluding hydrogens is 304 g/mol. The highest BCUT2D eigenvalue weighted by Gasteiger charge is 2.23. The largest absolute Gasteiger partial charge is 0.368 e. The number of rotatable bonds is 3. The predicted octanol–water partition coefficient (Wildman–Crippen LogP) is 2.82. The minimum absolute atomic E-state index is 0.0762. The number of carbonyl (C=O) groups excluding carboxylic acids is 1. The van der Waals surface area contributed by atoms with Crippen LogP contribution < -0.4 is 5.32 Å². The Morgan fingerprint density at radius 1 is 1.25 bits per heavy atom. The molecule has 1 N–H and O–H groups in total. The van der Waals surface area contributed by atoms with Gasteiger partial charge in [0, 0.05) is 35.9 Å². The molecule has 0 unspecified atom stereocenters. The van der Waals surface area contributed by atoms with Crippen molar-refractivity contribution in [2.24, 2.45) is 0 Å². The molecule has 122 valence electrons. The summed E-state index contributed by atoms with van der Waals surface area (Å²) in [6.45, 7) is 2.61. The zero-order valence-electron chi connectivity index (χ0n) is 13.4. The lowest BCUT2D eigenvalue weighted by Gasteiger charge is -2.10. The summed E-state index contributed by atoms with van der Waals surface area (Å²) >= 11 is 0. The van der Waals surface area contributed by atoms with E-state index < -0.39 is 0 Å². The zero-order chi connectivity index (χ0) is 16.5. The van der Waals surface area contributed by atoms with Crippen LogP contribution in [0.5, 0.6) is 0 Å². The van der Waals surface area contributed by atoms with Gasteiger partial charge in [0.05, 0.1) is 5.69 Å². The van der Waals surface area contributed by atoms with E-state index in [0.29, 0.717) is 12.4 Å². The van der Waals surface area contributed by atoms with Gasteiger partial charge in [-0.05, 0) is 38.0 Å². The summed E-state index contributed by atoms with van der Waals surface area (Å²) in [5.74, 6) is 0.605. The van der Waals surface area contributed by atoms with Crippen molar-refractivity contribution in [2.45, 2.75) is 25.9 Å². The average Bonchev–Trinajstić information content (AvgIpc) is 3.24. The monoisotopic (exact) mass is 322 g/mol. The number of amides is 1. The molecule has 0 aliphatic carbocycles. The summed E-state index contributed by atoms with van der Waals surface area (Å²) in [6, 6.07) is 9.59. The predicted molar refractivity (Wildman–Crippen MR) is 90.8 cm³/mol. The Hall–Kier alpha value is -2.73. The second kappa shape index (κ2) is 6.05. The fourth-order valence-electron chi connectivity index (χ4n) is 2.83. The van der Waals surface area contributed by atoms with Gasteiger partial charge >= 0.3 is 0 Å². The van der Waals surface area contributed by atoms with Gasteiger partial charge in [-0.3, -0.25) is 9.20 Å². The van der Waals surface area contributed by atoms with Crippen molar-refractivity contribution in [1.82, 2.24) is 14.4 Å². The molecule has 3 aromatic rings. The van der Waals surface area contributed by atoms with Crippen LogP contribution in [-0.4, -0.2) is 33.0 Å². The normalized spacial score (nSPS) is 17.3. The molecule has 0 bridgehead atoms. The van der Waals surface area contributed by atoms with E-state index in [4.69, 9.17) is 4.74 Å². The van der Waals surface area contributed by atoms with Gasteiger partial charge < -0.3 is 10.1 Å². The molecule has 1 amide bonds. The molecule has 1 saturated heterocycles. The number of imidazole rings is 1. The summed E-state index contributed by atoms with van der Waals surface area (Å²) in [7, 11) is 0. The van der Waals surface area contributed by atoms with E-state index in [1.807, 2.05) is 54.0 Å². The number of nitrogens with zero attached hydrogens (tertiary/aromatic N) is 3. The Labute approximate surface area is 139 Å². The zero-order valence-corrected chi connectivity index (χ0v) is 13.4. The molecule has 1 aromatic carbocycles. The summed E-state index contributed by atoms with van der Waals surface area (Å²) in [5.41, 5.74) is 3.53. The Bertz CT molecular complexity index is 880. The van der Waals surface area contributed by atoms with Crippen molar-refractivity contribution < 1.29 is 9.53 Å². The number of carbonyl (C=O) groups is 1. The minimum Gasteiger partial charge on any atom is -0.368 e. The highest BCUT2D eigenvalue weighted by atomic mass is 16.5. The molecular formula is C18H18N4O2. The SMILES string of the molecule is Cc1ccn2cc(-c3ccc(NC(=O)[C@H]4CCCO4)cc3)nc2n1. The molecule has 1 fully saturated rings. The third-order valence-corrected chi connectivity index (χ3v) is 4.14. The van der Waals surface area contributed by atoms with Crippen LogP contribution in [0.1, 0.15) is 18.5 Å². The van der Waals surface area contributed by atoms with E-state index in [0.717, 1.165) is 35.5 Å². The summed E-state index contributed by atoms with van der Waals surface area (Å²) in [6.07, 6.45) is 5.31. The van der Waals surface area contributed by atoms with E-state index >= 15 is 0 Å². The van der Waals surface area contributed by atoms with Crippen molar-refractivity contribution >= 4 is 17.4 Å². The summed E-state index contributed by atoms with van der Waals surface area (Å²) in [4.78, 5) is 21.0. The van der Waals surface area contributed by atoms with Gasteiger partial charge in [-0.2, -0.15) is 0 Å². The van der Waals surface area contributed by atoms with Gasteiger partial charge in [0.1, 0.15) is 6.10 Å². The quantitative estimate of drug-likeness (QED) is 0.805. The Morgan fingerprint density at radius 2 is 2.08 bits per heavy atom. The second-order valence-electron chi connectivity index (χ2n) is 5.97. The molecule has 24 heavy (non-hydrogen) atoms. The number of ether oxygens (including phenoxy) is 1. The molecule has 0 radical (unpaired) electrons. The van der Waals surface area contributed by atoms with E-state index in [9.17, 15) is 4.79 Å². The lowest BCUT2D eigenvalue weighted by molar-refractivity contribution is -0.124. The van der Waals surface area contributed by atoms with Gasteiger partial charge in [-0.1, -0.05) is 12.1 Å². The molecule has 4 rings (SSSR count). The number of hydrogen-bond acceptors (Lipinski definition) is 4. The van der Waals surface area contributed by atoms with Crippen molar-refractivity contribution in [2.75, 3.05) is 11.9 Å². The topological polar surface area (TPSA) is 68.5 Å². The van der Waals surface area contributed by atoms with E-state index in [1.165, 1.54) is 0 Å². The van der Waals surface area contributed by atoms with Gasteiger partial charge in [0.2, 0.25) is 5.78 Å². The number of aromatic nitrogens is 3. The smallest absolute Gasteiger partial charge is 0.253 e. The van der Waals surface area contributed by atoms with Crippen LogP contribution in [0.25, 0.3) is 17.0 Å². The number of anilines is 1. The third kappa shape index (κ3) is 2.88. The van der Waals surface area contributed by atoms with Crippen LogP contribution >= 0.6 is 0 Å². The molecule has 0 saturated carbocycles. The second-order valence-corrected chi connectivity index (χ2v) is 5.97. The first-order valence-corrected chi connectivity index (χ1v) is 8.04. The van der Waals surface area contributed by atoms with Gasteiger partial charge in [-0.15, -0.1) is 0 Å². The van der Waals surface area contributed by atoms with Crippen LogP contribution in [0.15, 0.2) is 42.7 Å². The lowest BCUT2D eigenvalue weighted by atomic mass is 10.1. The molecule has 2 aromatic heterocycles. The van der Waals surface area contributed by atoms with Crippen molar-refractivity contribution in [3.63, 3.8) is 0 Å². The molecule has 1 atom stereocenters. The van der Waals surface area contributed by atoms with Gasteiger partial charge in [-0.25, -0.2) is 9.97 Å². The highest BCUT2D eigenvalue weighted by Crippen LogP contribution is 2.22. The maximum atomic E-state index is 12.1. The molecule has 0 spiro atoms. The molecule has 3 heterocycles. The van der Waals surface area contributed by atoms with Crippen molar-refractivity contribution in [3.8, 4) is 11.3 Å². The van der Waals surface area contributed by atoms with E-state index in [1.54, 1.807) is 0 Å². The first kappa shape index (κ1) is 14.8. The van der Waals surface area contributed by atoms with Crippen LogP contribution in [0.4, 0.5) is 5.69 Å². The average molecular weight is 322 g/mol. The number of nitrogens with one attached hydrogen (secondary N) is 1. The summed E-state index contributed by atoms with van der Waals surface area (Å²) in [5, 5.41) is 2.89. The van der Waals surface area contributed by atoms with Crippen molar-refractivity contribution in [1.29, 1.82) is 0 Å². The fraction of sp³-hybridized carbons (Fsp3) is 0.278. The number of benzene rings is 1. The molecule has 6 heteroatoms. The van der Waals surface area contributed by atoms with Gasteiger partial charge in [0.25, 0.3) is 5.91 Å². The highest BCUT2D eigenvalue weighted by molar-refractivity contribution is 5.94. The van der Waals surface area contributed by atoms with Gasteiger partial charge in [0.15, 0.2) is 0 Å². The molecule has 6 nitrogen and oxygen atoms in total. The number of fused-ring (bicyclic) bond motifs is 1. The minimum atomic E-state index is -0.322. The Kier molecular flexibility index (Phi) is 3.74. The fourth-order valence-corrected chi connectivity index (χ4v) is 2.83. The molecule has 1 aliphatic heterocycles. The third-order valence-electron chi connectivity index (χ3n) is 4.14. The molecule has 1 aliphatic rings. The number of aryl methyl sites for hydroxylation is 1. The maximum absolute atomic E-state index is 12.1. The summed E-state index contributed by atoms with van der Waals surface area (Å²) < 4.78 is 7.29. The van der Waals surface area contributed by atoms with Crippen LogP contribution in [0, 0.1) is 6.92 Å². The van der Waals surface area contributed by atoms with E-state index in [2.05, 4.69) is 15.3 Å². The van der Waals surface area contributed by atoms with E-state index in [-0.39, 0.29) is 12.0 Å². The first-order chi connectivity index (χ1) is 11.7. The Morgan fingerprint density at radius 3 is 2.83 bits per heavy atom. The van der Waals surface area contributed by atoms with Crippen LogP contribution in [0.3, 0.4) is 0 Å². The van der Waals surface area contributed by atoms with Crippen LogP contribution in [-0.2, 0) is 9.53 Å². The maximum Gasteiger partial charge on any atom is 0.253 e. The first-order valence-electron chi connectivity index (χ1n) is 8.04. The Balaban J connectivity index is 1.53. The van der Waals surface area contributed by atoms with Crippen LogP contribution in [0.2, 0.25) is 0 Å². The number of hydrogen-bond donors (Lipinski definition) is 1.